The number of halogens is 3. The number of anilines is 2. The van der Waals surface area contributed by atoms with E-state index in [4.69, 9.17) is 0 Å². The van der Waals surface area contributed by atoms with Gasteiger partial charge >= 0.3 is 12.1 Å². The average molecular weight is 521 g/mol. The van der Waals surface area contributed by atoms with Crippen molar-refractivity contribution in [1.29, 1.82) is 0 Å². The SMILES string of the molecule is Cc1ccccc1-c1nc(NS(=O)(=O)c2cccc(N3CCC[C@@H](C(=O)O)C3)n2)ccc1C(F)(F)F. The first-order chi connectivity index (χ1) is 17.0. The summed E-state index contributed by atoms with van der Waals surface area (Å²) in [6.07, 6.45) is -3.56. The van der Waals surface area contributed by atoms with E-state index in [2.05, 4.69) is 14.7 Å². The molecule has 1 atom stereocenters. The van der Waals surface area contributed by atoms with E-state index in [1.807, 2.05) is 0 Å². The second kappa shape index (κ2) is 9.76. The average Bonchev–Trinajstić information content (AvgIpc) is 2.83. The van der Waals surface area contributed by atoms with Gasteiger partial charge in [-0.05, 0) is 49.6 Å². The topological polar surface area (TPSA) is 112 Å². The molecule has 0 unspecified atom stereocenters. The number of sulfonamides is 1. The zero-order valence-corrected chi connectivity index (χ0v) is 20.0. The van der Waals surface area contributed by atoms with Crippen molar-refractivity contribution in [3.05, 3.63) is 65.7 Å². The van der Waals surface area contributed by atoms with E-state index in [9.17, 15) is 31.5 Å². The Morgan fingerprint density at radius 1 is 1.08 bits per heavy atom. The van der Waals surface area contributed by atoms with Gasteiger partial charge in [0.25, 0.3) is 10.0 Å². The second-order valence-corrected chi connectivity index (χ2v) is 10.1. The maximum Gasteiger partial charge on any atom is 0.418 e. The van der Waals surface area contributed by atoms with Crippen molar-refractivity contribution >= 4 is 27.6 Å². The summed E-state index contributed by atoms with van der Waals surface area (Å²) in [7, 11) is -4.31. The third-order valence-corrected chi connectivity index (χ3v) is 7.17. The van der Waals surface area contributed by atoms with Gasteiger partial charge in [-0.2, -0.15) is 21.6 Å². The number of pyridine rings is 2. The van der Waals surface area contributed by atoms with Gasteiger partial charge in [0.2, 0.25) is 0 Å². The number of alkyl halides is 3. The Hall–Kier alpha value is -3.67. The van der Waals surface area contributed by atoms with Crippen LogP contribution in [-0.2, 0) is 21.0 Å². The molecule has 8 nitrogen and oxygen atoms in total. The van der Waals surface area contributed by atoms with E-state index < -0.39 is 39.3 Å². The number of hydrogen-bond donors (Lipinski definition) is 2. The fourth-order valence-corrected chi connectivity index (χ4v) is 5.06. The third kappa shape index (κ3) is 5.43. The molecule has 1 aromatic carbocycles. The van der Waals surface area contributed by atoms with Crippen LogP contribution in [-0.4, -0.2) is 42.6 Å². The van der Waals surface area contributed by atoms with Gasteiger partial charge < -0.3 is 10.0 Å². The van der Waals surface area contributed by atoms with Crippen LogP contribution in [0.15, 0.2) is 59.6 Å². The maximum absolute atomic E-state index is 13.7. The number of nitrogens with one attached hydrogen (secondary N) is 1. The number of benzene rings is 1. The van der Waals surface area contributed by atoms with Gasteiger partial charge in [-0.25, -0.2) is 9.97 Å². The molecule has 2 N–H and O–H groups in total. The standard InChI is InChI=1S/C24H23F3N4O4S/c1-15-6-2-3-8-17(15)22-18(24(25,26)27)11-12-19(28-22)30-36(34,35)21-10-4-9-20(29-21)31-13-5-7-16(14-31)23(32)33/h2-4,6,8-12,16H,5,7,13-14H2,1H3,(H,28,30)(H,32,33)/t16-/m1/s1. The highest BCUT2D eigenvalue weighted by atomic mass is 32.2. The predicted octanol–water partition coefficient (Wildman–Crippen LogP) is 4.57. The van der Waals surface area contributed by atoms with Crippen LogP contribution >= 0.6 is 0 Å². The Bertz CT molecular complexity index is 1400. The van der Waals surface area contributed by atoms with E-state index >= 15 is 0 Å². The van der Waals surface area contributed by atoms with Crippen molar-refractivity contribution < 1.29 is 31.5 Å². The molecule has 36 heavy (non-hydrogen) atoms. The number of nitrogens with zero attached hydrogens (tertiary/aromatic N) is 3. The molecule has 4 rings (SSSR count). The summed E-state index contributed by atoms with van der Waals surface area (Å²) in [6, 6.07) is 12.4. The van der Waals surface area contributed by atoms with Crippen molar-refractivity contribution in [3.8, 4) is 11.3 Å². The molecule has 0 bridgehead atoms. The van der Waals surface area contributed by atoms with Crippen LogP contribution in [0.5, 0.6) is 0 Å². The largest absolute Gasteiger partial charge is 0.481 e. The fraction of sp³-hybridized carbons (Fsp3) is 0.292. The molecule has 1 fully saturated rings. The zero-order chi connectivity index (χ0) is 26.1. The van der Waals surface area contributed by atoms with Crippen molar-refractivity contribution in [1.82, 2.24) is 9.97 Å². The van der Waals surface area contributed by atoms with Gasteiger partial charge in [0.15, 0.2) is 5.03 Å². The molecule has 12 heteroatoms. The number of rotatable bonds is 6. The number of hydrogen-bond acceptors (Lipinski definition) is 6. The number of piperidine rings is 1. The predicted molar refractivity (Wildman–Crippen MR) is 127 cm³/mol. The fourth-order valence-electron chi connectivity index (χ4n) is 4.10. The Morgan fingerprint density at radius 3 is 2.53 bits per heavy atom. The van der Waals surface area contributed by atoms with E-state index in [-0.39, 0.29) is 23.0 Å². The molecular formula is C24H23F3N4O4S. The van der Waals surface area contributed by atoms with Crippen LogP contribution < -0.4 is 9.62 Å². The van der Waals surface area contributed by atoms with Crippen LogP contribution in [0.3, 0.4) is 0 Å². The van der Waals surface area contributed by atoms with Crippen LogP contribution in [0.4, 0.5) is 24.8 Å². The lowest BCUT2D eigenvalue weighted by Gasteiger charge is -2.31. The van der Waals surface area contributed by atoms with Gasteiger partial charge in [0.1, 0.15) is 11.6 Å². The summed E-state index contributed by atoms with van der Waals surface area (Å²) in [5.41, 5.74) is -0.608. The normalized spacial score (nSPS) is 16.6. The summed E-state index contributed by atoms with van der Waals surface area (Å²) >= 11 is 0. The Kier molecular flexibility index (Phi) is 6.90. The van der Waals surface area contributed by atoms with Crippen molar-refractivity contribution in [2.24, 2.45) is 5.92 Å². The zero-order valence-electron chi connectivity index (χ0n) is 19.2. The first-order valence-electron chi connectivity index (χ1n) is 11.1. The summed E-state index contributed by atoms with van der Waals surface area (Å²) < 4.78 is 69.3. The monoisotopic (exact) mass is 520 g/mol. The molecule has 3 aromatic rings. The maximum atomic E-state index is 13.7. The minimum absolute atomic E-state index is 0.194. The van der Waals surface area contributed by atoms with Gasteiger partial charge in [0.05, 0.1) is 17.2 Å². The minimum atomic E-state index is -4.69. The first kappa shape index (κ1) is 25.4. The van der Waals surface area contributed by atoms with Gasteiger partial charge in [-0.15, -0.1) is 0 Å². The molecule has 0 radical (unpaired) electrons. The molecule has 0 amide bonds. The Morgan fingerprint density at radius 2 is 1.83 bits per heavy atom. The Labute approximate surface area is 205 Å². The molecule has 2 aromatic heterocycles. The molecular weight excluding hydrogens is 497 g/mol. The summed E-state index contributed by atoms with van der Waals surface area (Å²) in [5.74, 6) is -1.51. The molecule has 3 heterocycles. The van der Waals surface area contributed by atoms with E-state index in [0.29, 0.717) is 30.8 Å². The molecule has 1 aliphatic rings. The van der Waals surface area contributed by atoms with Crippen LogP contribution in [0.25, 0.3) is 11.3 Å². The smallest absolute Gasteiger partial charge is 0.418 e. The van der Waals surface area contributed by atoms with E-state index in [1.165, 1.54) is 18.2 Å². The number of aromatic nitrogens is 2. The third-order valence-electron chi connectivity index (χ3n) is 5.92. The van der Waals surface area contributed by atoms with Gasteiger partial charge in [-0.1, -0.05) is 30.3 Å². The van der Waals surface area contributed by atoms with E-state index in [1.54, 1.807) is 36.1 Å². The highest BCUT2D eigenvalue weighted by Gasteiger charge is 2.35. The first-order valence-corrected chi connectivity index (χ1v) is 12.6. The summed E-state index contributed by atoms with van der Waals surface area (Å²) in [5, 5.41) is 8.95. The summed E-state index contributed by atoms with van der Waals surface area (Å²) in [4.78, 5) is 21.3. The van der Waals surface area contributed by atoms with E-state index in [0.717, 1.165) is 12.1 Å². The lowest BCUT2D eigenvalue weighted by atomic mass is 9.98. The second-order valence-electron chi connectivity index (χ2n) is 8.47. The quantitative estimate of drug-likeness (QED) is 0.490. The van der Waals surface area contributed by atoms with Gasteiger partial charge in [0, 0.05) is 18.7 Å². The van der Waals surface area contributed by atoms with Crippen molar-refractivity contribution in [3.63, 3.8) is 0 Å². The van der Waals surface area contributed by atoms with Gasteiger partial charge in [-0.3, -0.25) is 9.52 Å². The minimum Gasteiger partial charge on any atom is -0.481 e. The van der Waals surface area contributed by atoms with Crippen molar-refractivity contribution in [2.75, 3.05) is 22.7 Å². The molecule has 1 saturated heterocycles. The number of carboxylic acid groups (broad SMARTS) is 1. The molecule has 0 spiro atoms. The molecule has 0 aliphatic carbocycles. The van der Waals surface area contributed by atoms with Crippen LogP contribution in [0.1, 0.15) is 24.0 Å². The number of aliphatic carboxylic acids is 1. The highest BCUT2D eigenvalue weighted by Crippen LogP contribution is 2.38. The number of carboxylic acids is 1. The lowest BCUT2D eigenvalue weighted by Crippen LogP contribution is -2.39. The highest BCUT2D eigenvalue weighted by molar-refractivity contribution is 7.92. The molecule has 1 aliphatic heterocycles. The molecule has 190 valence electrons. The lowest BCUT2D eigenvalue weighted by molar-refractivity contribution is -0.142. The van der Waals surface area contributed by atoms with Crippen molar-refractivity contribution in [2.45, 2.75) is 31.0 Å². The Balaban J connectivity index is 1.66. The van der Waals surface area contributed by atoms with Crippen LogP contribution in [0.2, 0.25) is 0 Å². The number of aryl methyl sites for hydroxylation is 1. The number of carbonyl (C=O) groups is 1. The molecule has 0 saturated carbocycles. The van der Waals surface area contributed by atoms with Crippen LogP contribution in [0, 0.1) is 12.8 Å². The summed E-state index contributed by atoms with van der Waals surface area (Å²) in [6.45, 7) is 2.35.